The van der Waals surface area contributed by atoms with Gasteiger partial charge in [-0.25, -0.2) is 0 Å². The molecule has 1 amide bonds. The van der Waals surface area contributed by atoms with Crippen LogP contribution in [0, 0.1) is 11.3 Å². The molecule has 4 heteroatoms. The summed E-state index contributed by atoms with van der Waals surface area (Å²) in [6.45, 7) is 12.1. The van der Waals surface area contributed by atoms with Crippen LogP contribution in [-0.4, -0.2) is 47.5 Å². The van der Waals surface area contributed by atoms with E-state index < -0.39 is 0 Å². The zero-order valence-corrected chi connectivity index (χ0v) is 15.7. The molecule has 1 N–H and O–H groups in total. The number of nitrogens with zero attached hydrogens (tertiary/aromatic N) is 1. The first kappa shape index (κ1) is 18.1. The van der Waals surface area contributed by atoms with Gasteiger partial charge in [0.05, 0.1) is 0 Å². The van der Waals surface area contributed by atoms with E-state index in [1.165, 1.54) is 50.3 Å². The average Bonchev–Trinajstić information content (AvgIpc) is 2.95. The Kier molecular flexibility index (Phi) is 6.23. The molecule has 1 aliphatic carbocycles. The Hall–Kier alpha value is -0.220. The highest BCUT2D eigenvalue weighted by Crippen LogP contribution is 2.36. The van der Waals surface area contributed by atoms with E-state index in [9.17, 15) is 4.79 Å². The lowest BCUT2D eigenvalue weighted by Gasteiger charge is -2.43. The van der Waals surface area contributed by atoms with E-state index in [2.05, 4.69) is 49.7 Å². The van der Waals surface area contributed by atoms with Crippen molar-refractivity contribution in [3.63, 3.8) is 0 Å². The maximum Gasteiger partial charge on any atom is 0.220 e. The maximum atomic E-state index is 12.3. The Morgan fingerprint density at radius 2 is 1.82 bits per heavy atom. The third-order valence-electron chi connectivity index (χ3n) is 5.80. The van der Waals surface area contributed by atoms with Crippen molar-refractivity contribution in [1.29, 1.82) is 0 Å². The number of nitrogens with one attached hydrogen (secondary N) is 1. The topological polar surface area (TPSA) is 32.3 Å². The van der Waals surface area contributed by atoms with Crippen LogP contribution in [0.5, 0.6) is 0 Å². The minimum Gasteiger partial charge on any atom is -0.354 e. The second kappa shape index (κ2) is 7.57. The van der Waals surface area contributed by atoms with Gasteiger partial charge in [0.2, 0.25) is 5.91 Å². The van der Waals surface area contributed by atoms with Crippen molar-refractivity contribution >= 4 is 17.7 Å². The van der Waals surface area contributed by atoms with E-state index in [0.717, 1.165) is 6.54 Å². The number of hydrogen-bond acceptors (Lipinski definition) is 3. The highest BCUT2D eigenvalue weighted by atomic mass is 32.2. The molecule has 0 spiro atoms. The molecule has 1 aliphatic heterocycles. The molecule has 2 aliphatic rings. The fourth-order valence-corrected chi connectivity index (χ4v) is 4.50. The summed E-state index contributed by atoms with van der Waals surface area (Å²) in [5, 5.41) is 3.28. The van der Waals surface area contributed by atoms with E-state index in [-0.39, 0.29) is 16.9 Å². The van der Waals surface area contributed by atoms with Crippen LogP contribution in [0.4, 0.5) is 0 Å². The molecule has 1 unspecified atom stereocenters. The molecule has 1 saturated heterocycles. The lowest BCUT2D eigenvalue weighted by Crippen LogP contribution is -2.56. The Bertz CT molecular complexity index is 366. The maximum absolute atomic E-state index is 12.3. The normalized spacial score (nSPS) is 24.2. The molecule has 128 valence electrons. The molecule has 0 bridgehead atoms. The van der Waals surface area contributed by atoms with Gasteiger partial charge in [-0.05, 0) is 24.2 Å². The molecule has 1 heterocycles. The first-order chi connectivity index (χ1) is 10.3. The van der Waals surface area contributed by atoms with Gasteiger partial charge in [0.25, 0.3) is 0 Å². The van der Waals surface area contributed by atoms with Gasteiger partial charge in [-0.15, -0.1) is 0 Å². The number of rotatable bonds is 5. The monoisotopic (exact) mass is 326 g/mol. The summed E-state index contributed by atoms with van der Waals surface area (Å²) < 4.78 is 0. The quantitative estimate of drug-likeness (QED) is 0.839. The molecule has 1 saturated carbocycles. The number of thioether (sulfide) groups is 1. The van der Waals surface area contributed by atoms with E-state index in [1.54, 1.807) is 0 Å². The van der Waals surface area contributed by atoms with E-state index in [4.69, 9.17) is 0 Å². The average molecular weight is 327 g/mol. The van der Waals surface area contributed by atoms with Gasteiger partial charge in [0.15, 0.2) is 0 Å². The summed E-state index contributed by atoms with van der Waals surface area (Å²) in [5.41, 5.74) is 0.452. The lowest BCUT2D eigenvalue weighted by atomic mass is 9.80. The molecule has 3 nitrogen and oxygen atoms in total. The van der Waals surface area contributed by atoms with Crippen LogP contribution in [0.15, 0.2) is 0 Å². The van der Waals surface area contributed by atoms with E-state index >= 15 is 0 Å². The fourth-order valence-electron chi connectivity index (χ4n) is 3.60. The van der Waals surface area contributed by atoms with Crippen LogP contribution < -0.4 is 5.32 Å². The van der Waals surface area contributed by atoms with Crippen LogP contribution in [0.3, 0.4) is 0 Å². The Balaban J connectivity index is 1.88. The smallest absolute Gasteiger partial charge is 0.220 e. The van der Waals surface area contributed by atoms with Crippen molar-refractivity contribution in [2.24, 2.45) is 11.3 Å². The zero-order valence-electron chi connectivity index (χ0n) is 14.9. The predicted octanol–water partition coefficient (Wildman–Crippen LogP) is 3.54. The predicted molar refractivity (Wildman–Crippen MR) is 96.3 cm³/mol. The first-order valence-corrected chi connectivity index (χ1v) is 10.1. The Morgan fingerprint density at radius 3 is 2.36 bits per heavy atom. The van der Waals surface area contributed by atoms with Crippen molar-refractivity contribution in [3.8, 4) is 0 Å². The summed E-state index contributed by atoms with van der Waals surface area (Å²) in [7, 11) is 0. The summed E-state index contributed by atoms with van der Waals surface area (Å²) >= 11 is 2.06. The third-order valence-corrected chi connectivity index (χ3v) is 6.74. The van der Waals surface area contributed by atoms with Crippen molar-refractivity contribution in [2.45, 2.75) is 65.3 Å². The minimum absolute atomic E-state index is 0.201. The molecule has 22 heavy (non-hydrogen) atoms. The van der Waals surface area contributed by atoms with Crippen LogP contribution >= 0.6 is 11.8 Å². The van der Waals surface area contributed by atoms with Gasteiger partial charge in [0.1, 0.15) is 0 Å². The number of hydrogen-bond donors (Lipinski definition) is 1. The van der Waals surface area contributed by atoms with Crippen LogP contribution in [0.25, 0.3) is 0 Å². The molecule has 0 aromatic rings. The number of carbonyl (C=O) groups excluding carboxylic acids is 1. The second-order valence-electron chi connectivity index (χ2n) is 8.28. The van der Waals surface area contributed by atoms with Crippen molar-refractivity contribution < 1.29 is 4.79 Å². The number of carbonyl (C=O) groups is 1. The molecule has 0 aromatic heterocycles. The zero-order chi connectivity index (χ0) is 16.2. The Labute approximate surface area is 141 Å². The third kappa shape index (κ3) is 4.64. The molecule has 2 rings (SSSR count). The highest BCUT2D eigenvalue weighted by molar-refractivity contribution is 7.99. The van der Waals surface area contributed by atoms with Crippen molar-refractivity contribution in [3.05, 3.63) is 0 Å². The first-order valence-electron chi connectivity index (χ1n) is 8.93. The SMILES string of the molecule is CC(CC(=O)NCC1(N2CCSCC2)CCCC1)C(C)(C)C. The number of amides is 1. The molecule has 1 atom stereocenters. The van der Waals surface area contributed by atoms with Crippen LogP contribution in [0.2, 0.25) is 0 Å². The van der Waals surface area contributed by atoms with Crippen molar-refractivity contribution in [2.75, 3.05) is 31.1 Å². The van der Waals surface area contributed by atoms with Gasteiger partial charge in [-0.2, -0.15) is 11.8 Å². The lowest BCUT2D eigenvalue weighted by molar-refractivity contribution is -0.123. The standard InChI is InChI=1S/C18H34N2OS/c1-15(17(2,3)4)13-16(21)19-14-18(7-5-6-8-18)20-9-11-22-12-10-20/h15H,5-14H2,1-4H3,(H,19,21). The van der Waals surface area contributed by atoms with E-state index in [0.29, 0.717) is 12.3 Å². The van der Waals surface area contributed by atoms with E-state index in [1.807, 2.05) is 0 Å². The molecule has 0 aromatic carbocycles. The molecular weight excluding hydrogens is 292 g/mol. The van der Waals surface area contributed by atoms with Crippen LogP contribution in [-0.2, 0) is 4.79 Å². The summed E-state index contributed by atoms with van der Waals surface area (Å²) in [6, 6.07) is 0. The van der Waals surface area contributed by atoms with Crippen molar-refractivity contribution in [1.82, 2.24) is 10.2 Å². The molecule has 2 fully saturated rings. The summed E-state index contributed by atoms with van der Waals surface area (Å²) in [6.07, 6.45) is 5.80. The summed E-state index contributed by atoms with van der Waals surface area (Å²) in [4.78, 5) is 15.0. The van der Waals surface area contributed by atoms with Gasteiger partial charge in [-0.3, -0.25) is 9.69 Å². The van der Waals surface area contributed by atoms with Gasteiger partial charge in [0, 0.05) is 43.1 Å². The highest BCUT2D eigenvalue weighted by Gasteiger charge is 2.40. The largest absolute Gasteiger partial charge is 0.354 e. The minimum atomic E-state index is 0.201. The summed E-state index contributed by atoms with van der Waals surface area (Å²) in [5.74, 6) is 3.14. The fraction of sp³-hybridized carbons (Fsp3) is 0.944. The van der Waals surface area contributed by atoms with Gasteiger partial charge in [-0.1, -0.05) is 40.5 Å². The van der Waals surface area contributed by atoms with Gasteiger partial charge >= 0.3 is 0 Å². The second-order valence-corrected chi connectivity index (χ2v) is 9.50. The van der Waals surface area contributed by atoms with Gasteiger partial charge < -0.3 is 5.32 Å². The van der Waals surface area contributed by atoms with Crippen LogP contribution in [0.1, 0.15) is 59.8 Å². The molecule has 0 radical (unpaired) electrons. The Morgan fingerprint density at radius 1 is 1.23 bits per heavy atom. The molecular formula is C18H34N2OS.